The molecular formula is C23H18Cl2N2S. The molecule has 140 valence electrons. The number of hydrogen-bond donors (Lipinski definition) is 0. The van der Waals surface area contributed by atoms with E-state index >= 15 is 0 Å². The lowest BCUT2D eigenvalue weighted by atomic mass is 9.97. The minimum Gasteiger partial charge on any atom is -0.240 e. The molecule has 0 N–H and O–H groups in total. The zero-order valence-electron chi connectivity index (χ0n) is 15.4. The molecule has 5 heteroatoms. The number of hydrogen-bond acceptors (Lipinski definition) is 3. The van der Waals surface area contributed by atoms with Crippen LogP contribution in [-0.4, -0.2) is 4.98 Å². The van der Waals surface area contributed by atoms with Crippen LogP contribution in [0.1, 0.15) is 34.2 Å². The summed E-state index contributed by atoms with van der Waals surface area (Å²) in [7, 11) is 0. The third-order valence-electron chi connectivity index (χ3n) is 5.12. The number of benzene rings is 2. The Hall–Kier alpha value is -1.99. The molecule has 4 rings (SSSR count). The van der Waals surface area contributed by atoms with Crippen LogP contribution in [-0.2, 0) is 18.6 Å². The van der Waals surface area contributed by atoms with Gasteiger partial charge in [0.15, 0.2) is 0 Å². The van der Waals surface area contributed by atoms with Crippen molar-refractivity contribution in [3.8, 4) is 17.3 Å². The summed E-state index contributed by atoms with van der Waals surface area (Å²) in [5, 5.41) is 11.9. The number of thioether (sulfide) groups is 1. The van der Waals surface area contributed by atoms with E-state index < -0.39 is 0 Å². The van der Waals surface area contributed by atoms with E-state index in [1.807, 2.05) is 24.3 Å². The molecule has 1 aliphatic carbocycles. The maximum Gasteiger partial charge on any atom is 0.115 e. The summed E-state index contributed by atoms with van der Waals surface area (Å²) in [6.07, 6.45) is 2.99. The lowest BCUT2D eigenvalue weighted by molar-refractivity contribution is 0.910. The number of halogens is 2. The molecule has 28 heavy (non-hydrogen) atoms. The molecule has 1 heterocycles. The molecule has 0 spiro atoms. The summed E-state index contributed by atoms with van der Waals surface area (Å²) >= 11 is 13.9. The monoisotopic (exact) mass is 424 g/mol. The molecule has 0 unspecified atom stereocenters. The maximum atomic E-state index is 9.84. The van der Waals surface area contributed by atoms with Crippen LogP contribution in [0.2, 0.25) is 10.0 Å². The van der Waals surface area contributed by atoms with E-state index in [2.05, 4.69) is 25.1 Å². The number of aromatic nitrogens is 1. The molecule has 0 atom stereocenters. The Bertz CT molecular complexity index is 1100. The molecule has 0 amide bonds. The first-order valence-electron chi connectivity index (χ1n) is 9.17. The van der Waals surface area contributed by atoms with Crippen molar-refractivity contribution < 1.29 is 0 Å². The van der Waals surface area contributed by atoms with Gasteiger partial charge in [0.2, 0.25) is 0 Å². The molecule has 0 saturated heterocycles. The van der Waals surface area contributed by atoms with E-state index in [4.69, 9.17) is 28.2 Å². The first-order chi connectivity index (χ1) is 13.6. The number of nitriles is 1. The minimum absolute atomic E-state index is 0.619. The largest absolute Gasteiger partial charge is 0.240 e. The maximum absolute atomic E-state index is 9.84. The third-order valence-corrected chi connectivity index (χ3v) is 6.74. The van der Waals surface area contributed by atoms with Crippen LogP contribution >= 0.6 is 35.0 Å². The second-order valence-corrected chi connectivity index (χ2v) is 8.71. The molecule has 2 nitrogen and oxygen atoms in total. The summed E-state index contributed by atoms with van der Waals surface area (Å²) < 4.78 is 0. The summed E-state index contributed by atoms with van der Waals surface area (Å²) in [6.45, 7) is 2.11. The topological polar surface area (TPSA) is 36.7 Å². The van der Waals surface area contributed by atoms with E-state index in [-0.39, 0.29) is 0 Å². The smallest absolute Gasteiger partial charge is 0.115 e. The highest BCUT2D eigenvalue weighted by molar-refractivity contribution is 7.98. The normalized spacial score (nSPS) is 12.6. The van der Waals surface area contributed by atoms with Crippen LogP contribution in [0, 0.1) is 18.3 Å². The van der Waals surface area contributed by atoms with Gasteiger partial charge in [-0.05, 0) is 60.6 Å². The summed E-state index contributed by atoms with van der Waals surface area (Å²) in [4.78, 5) is 4.98. The van der Waals surface area contributed by atoms with Gasteiger partial charge in [-0.2, -0.15) is 5.26 Å². The van der Waals surface area contributed by atoms with Crippen molar-refractivity contribution in [1.82, 2.24) is 4.98 Å². The molecule has 2 aromatic carbocycles. The van der Waals surface area contributed by atoms with Gasteiger partial charge in [-0.1, -0.05) is 53.5 Å². The second-order valence-electron chi connectivity index (χ2n) is 6.90. The molecule has 1 aromatic heterocycles. The van der Waals surface area contributed by atoms with Gasteiger partial charge in [0, 0.05) is 21.4 Å². The molecular weight excluding hydrogens is 407 g/mol. The van der Waals surface area contributed by atoms with Gasteiger partial charge in [-0.25, -0.2) is 4.98 Å². The highest BCUT2D eigenvalue weighted by Gasteiger charge is 2.25. The van der Waals surface area contributed by atoms with Gasteiger partial charge >= 0.3 is 0 Å². The lowest BCUT2D eigenvalue weighted by Gasteiger charge is -2.15. The van der Waals surface area contributed by atoms with Crippen LogP contribution in [0.3, 0.4) is 0 Å². The van der Waals surface area contributed by atoms with E-state index in [1.54, 1.807) is 17.8 Å². The Labute approximate surface area is 179 Å². The standard InChI is InChI=1S/C23H18Cl2N2S/c1-14-5-2-3-6-17(14)22-19-8-4-7-18(19)20(12-26)23(27-22)28-13-15-9-10-16(24)11-21(15)25/h2-3,5-6,9-11H,4,7-8,13H2,1H3. The minimum atomic E-state index is 0.619. The van der Waals surface area contributed by atoms with Crippen molar-refractivity contribution in [2.24, 2.45) is 0 Å². The summed E-state index contributed by atoms with van der Waals surface area (Å²) in [5.41, 5.74) is 7.48. The average Bonchev–Trinajstić information content (AvgIpc) is 3.16. The highest BCUT2D eigenvalue weighted by Crippen LogP contribution is 2.39. The van der Waals surface area contributed by atoms with Gasteiger partial charge in [-0.15, -0.1) is 11.8 Å². The van der Waals surface area contributed by atoms with E-state index in [9.17, 15) is 5.26 Å². The molecule has 1 aliphatic rings. The van der Waals surface area contributed by atoms with Gasteiger partial charge in [0.1, 0.15) is 11.1 Å². The van der Waals surface area contributed by atoms with E-state index in [1.165, 1.54) is 16.7 Å². The quantitative estimate of drug-likeness (QED) is 0.422. The van der Waals surface area contributed by atoms with E-state index in [0.29, 0.717) is 15.8 Å². The van der Waals surface area contributed by atoms with Crippen LogP contribution < -0.4 is 0 Å². The fraction of sp³-hybridized carbons (Fsp3) is 0.217. The zero-order chi connectivity index (χ0) is 19.7. The van der Waals surface area contributed by atoms with Crippen LogP contribution in [0.4, 0.5) is 0 Å². The fourth-order valence-corrected chi connectivity index (χ4v) is 5.27. The van der Waals surface area contributed by atoms with Gasteiger partial charge in [0.05, 0.1) is 11.3 Å². The molecule has 0 bridgehead atoms. The highest BCUT2D eigenvalue weighted by atomic mass is 35.5. The Morgan fingerprint density at radius 1 is 1.11 bits per heavy atom. The van der Waals surface area contributed by atoms with Gasteiger partial charge in [0.25, 0.3) is 0 Å². The second kappa shape index (κ2) is 8.17. The average molecular weight is 425 g/mol. The fourth-order valence-electron chi connectivity index (χ4n) is 3.70. The number of fused-ring (bicyclic) bond motifs is 1. The van der Waals surface area contributed by atoms with Crippen LogP contribution in [0.15, 0.2) is 47.5 Å². The number of pyridine rings is 1. The predicted octanol–water partition coefficient (Wildman–Crippen LogP) is 7.02. The first-order valence-corrected chi connectivity index (χ1v) is 10.9. The molecule has 3 aromatic rings. The zero-order valence-corrected chi connectivity index (χ0v) is 17.8. The number of aryl methyl sites for hydroxylation is 1. The lowest BCUT2D eigenvalue weighted by Crippen LogP contribution is -2.01. The Balaban J connectivity index is 1.78. The molecule has 0 radical (unpaired) electrons. The summed E-state index contributed by atoms with van der Waals surface area (Å²) in [5.74, 6) is 0.643. The number of nitrogens with zero attached hydrogens (tertiary/aromatic N) is 2. The summed E-state index contributed by atoms with van der Waals surface area (Å²) in [6, 6.07) is 16.2. The van der Waals surface area contributed by atoms with Gasteiger partial charge < -0.3 is 0 Å². The Morgan fingerprint density at radius 3 is 2.64 bits per heavy atom. The first kappa shape index (κ1) is 19.3. The van der Waals surface area contributed by atoms with Gasteiger partial charge in [-0.3, -0.25) is 0 Å². The van der Waals surface area contributed by atoms with Crippen LogP contribution in [0.5, 0.6) is 0 Å². The van der Waals surface area contributed by atoms with Crippen LogP contribution in [0.25, 0.3) is 11.3 Å². The van der Waals surface area contributed by atoms with Crippen molar-refractivity contribution in [2.45, 2.75) is 37.0 Å². The van der Waals surface area contributed by atoms with Crippen molar-refractivity contribution >= 4 is 35.0 Å². The SMILES string of the molecule is Cc1ccccc1-c1nc(SCc2ccc(Cl)cc2Cl)c(C#N)c2c1CCC2. The molecule has 0 saturated carbocycles. The van der Waals surface area contributed by atoms with Crippen molar-refractivity contribution in [3.05, 3.63) is 80.3 Å². The van der Waals surface area contributed by atoms with Crippen molar-refractivity contribution in [3.63, 3.8) is 0 Å². The van der Waals surface area contributed by atoms with Crippen molar-refractivity contribution in [2.75, 3.05) is 0 Å². The third kappa shape index (κ3) is 3.65. The van der Waals surface area contributed by atoms with E-state index in [0.717, 1.165) is 46.7 Å². The molecule has 0 fully saturated rings. The predicted molar refractivity (Wildman–Crippen MR) is 117 cm³/mol. The Kier molecular flexibility index (Phi) is 5.64. The Morgan fingerprint density at radius 2 is 1.89 bits per heavy atom. The molecule has 0 aliphatic heterocycles. The van der Waals surface area contributed by atoms with Crippen molar-refractivity contribution in [1.29, 1.82) is 5.26 Å². The number of rotatable bonds is 4.